The molecule has 25 heavy (non-hydrogen) atoms. The van der Waals surface area contributed by atoms with Crippen LogP contribution >= 0.6 is 0 Å². The maximum absolute atomic E-state index is 12.2. The van der Waals surface area contributed by atoms with Gasteiger partial charge in [-0.3, -0.25) is 15.6 Å². The molecule has 2 aromatic carbocycles. The predicted molar refractivity (Wildman–Crippen MR) is 99.4 cm³/mol. The molecule has 0 fully saturated rings. The van der Waals surface area contributed by atoms with Crippen molar-refractivity contribution in [3.8, 4) is 11.5 Å². The number of rotatable bonds is 8. The van der Waals surface area contributed by atoms with Gasteiger partial charge >= 0.3 is 0 Å². The lowest BCUT2D eigenvalue weighted by molar-refractivity contribution is -0.122. The molecule has 0 aliphatic heterocycles. The van der Waals surface area contributed by atoms with E-state index in [9.17, 15) is 4.79 Å². The van der Waals surface area contributed by atoms with Gasteiger partial charge in [0.15, 0.2) is 0 Å². The minimum Gasteiger partial charge on any atom is -0.497 e. The fraction of sp³-hybridized carbons (Fsp3) is 0.211. The quantitative estimate of drug-likeness (QED) is 0.644. The highest BCUT2D eigenvalue weighted by Gasteiger charge is 2.14. The van der Waals surface area contributed by atoms with Crippen LogP contribution in [0.5, 0.6) is 11.5 Å². The van der Waals surface area contributed by atoms with Crippen LogP contribution in [0.4, 0.5) is 5.69 Å². The first kappa shape index (κ1) is 18.2. The van der Waals surface area contributed by atoms with E-state index >= 15 is 0 Å². The smallest absolute Gasteiger partial charge is 0.260 e. The van der Waals surface area contributed by atoms with Crippen molar-refractivity contribution in [1.82, 2.24) is 10.9 Å². The second kappa shape index (κ2) is 8.63. The fourth-order valence-electron chi connectivity index (χ4n) is 2.17. The van der Waals surface area contributed by atoms with Gasteiger partial charge in [0.1, 0.15) is 17.5 Å². The molecular weight excluding hydrogens is 318 g/mol. The van der Waals surface area contributed by atoms with Gasteiger partial charge in [-0.25, -0.2) is 0 Å². The zero-order valence-corrected chi connectivity index (χ0v) is 14.6. The molecule has 6 nitrogen and oxygen atoms in total. The number of nitrogens with one attached hydrogen (secondary N) is 3. The minimum absolute atomic E-state index is 0.222. The van der Waals surface area contributed by atoms with E-state index in [0.717, 1.165) is 17.0 Å². The van der Waals surface area contributed by atoms with Crippen molar-refractivity contribution >= 4 is 17.3 Å². The Morgan fingerprint density at radius 3 is 2.32 bits per heavy atom. The summed E-state index contributed by atoms with van der Waals surface area (Å²) < 4.78 is 10.4. The Bertz CT molecular complexity index is 729. The normalized spacial score (nSPS) is 11.2. The Balaban J connectivity index is 1.89. The van der Waals surface area contributed by atoms with Crippen molar-refractivity contribution in [3.63, 3.8) is 0 Å². The highest BCUT2D eigenvalue weighted by atomic mass is 16.5. The third-order valence-electron chi connectivity index (χ3n) is 3.65. The summed E-state index contributed by atoms with van der Waals surface area (Å²) in [4.78, 5) is 12.2. The number of carbonyl (C=O) groups excluding carboxylic acids is 1. The number of amides is 1. The average Bonchev–Trinajstić information content (AvgIpc) is 2.66. The van der Waals surface area contributed by atoms with Crippen LogP contribution in [0.2, 0.25) is 0 Å². The Hall–Kier alpha value is -3.15. The summed E-state index contributed by atoms with van der Waals surface area (Å²) in [6, 6.07) is 14.3. The van der Waals surface area contributed by atoms with Crippen molar-refractivity contribution in [1.29, 1.82) is 0 Å². The van der Waals surface area contributed by atoms with Gasteiger partial charge in [0.25, 0.3) is 5.91 Å². The first-order chi connectivity index (χ1) is 12.0. The molecule has 132 valence electrons. The zero-order chi connectivity index (χ0) is 18.2. The molecule has 0 saturated carbocycles. The molecule has 0 aromatic heterocycles. The Morgan fingerprint density at radius 2 is 1.68 bits per heavy atom. The van der Waals surface area contributed by atoms with E-state index in [4.69, 9.17) is 9.47 Å². The fourth-order valence-corrected chi connectivity index (χ4v) is 2.17. The Morgan fingerprint density at radius 1 is 1.00 bits per heavy atom. The Labute approximate surface area is 147 Å². The van der Waals surface area contributed by atoms with Gasteiger partial charge in [0.2, 0.25) is 0 Å². The molecule has 2 aromatic rings. The highest BCUT2D eigenvalue weighted by Crippen LogP contribution is 2.23. The summed E-state index contributed by atoms with van der Waals surface area (Å²) >= 11 is 0. The van der Waals surface area contributed by atoms with Crippen molar-refractivity contribution < 1.29 is 14.3 Å². The van der Waals surface area contributed by atoms with Gasteiger partial charge in [-0.15, -0.1) is 0 Å². The van der Waals surface area contributed by atoms with Gasteiger partial charge in [0, 0.05) is 0 Å². The molecule has 0 heterocycles. The molecule has 0 bridgehead atoms. The molecule has 1 atom stereocenters. The number of ether oxygens (including phenoxy) is 2. The summed E-state index contributed by atoms with van der Waals surface area (Å²) in [5.41, 5.74) is 7.66. The van der Waals surface area contributed by atoms with E-state index in [1.807, 2.05) is 48.5 Å². The van der Waals surface area contributed by atoms with Gasteiger partial charge in [-0.1, -0.05) is 18.7 Å². The summed E-state index contributed by atoms with van der Waals surface area (Å²) in [6.07, 6.45) is 0. The van der Waals surface area contributed by atoms with E-state index in [2.05, 4.69) is 22.7 Å². The van der Waals surface area contributed by atoms with E-state index in [0.29, 0.717) is 11.4 Å². The largest absolute Gasteiger partial charge is 0.497 e. The third-order valence-corrected chi connectivity index (χ3v) is 3.65. The molecule has 2 rings (SSSR count). The summed E-state index contributed by atoms with van der Waals surface area (Å²) in [6.45, 7) is 5.68. The standard InChI is InChI=1S/C19H23N3O3/c1-13(15-9-11-16(24-3)12-10-15)21-22-19(23)14(2)20-17-7-5-6-8-18(17)25-4/h5-12,14,20-21H,1H2,2-4H3,(H,22,23). The number of hydrogen-bond acceptors (Lipinski definition) is 5. The predicted octanol–water partition coefficient (Wildman–Crippen LogP) is 2.80. The van der Waals surface area contributed by atoms with Crippen LogP contribution in [-0.4, -0.2) is 26.2 Å². The molecule has 0 spiro atoms. The number of hydrogen-bond donors (Lipinski definition) is 3. The maximum atomic E-state index is 12.2. The molecular formula is C19H23N3O3. The number of anilines is 1. The number of methoxy groups -OCH3 is 2. The maximum Gasteiger partial charge on any atom is 0.260 e. The summed E-state index contributed by atoms with van der Waals surface area (Å²) in [5.74, 6) is 1.22. The van der Waals surface area contributed by atoms with Crippen LogP contribution in [0, 0.1) is 0 Å². The second-order valence-corrected chi connectivity index (χ2v) is 5.39. The van der Waals surface area contributed by atoms with E-state index in [-0.39, 0.29) is 5.91 Å². The number of benzene rings is 2. The molecule has 0 aliphatic carbocycles. The topological polar surface area (TPSA) is 71.6 Å². The second-order valence-electron chi connectivity index (χ2n) is 5.39. The molecule has 0 aliphatic rings. The lowest BCUT2D eigenvalue weighted by atomic mass is 10.2. The van der Waals surface area contributed by atoms with Crippen molar-refractivity contribution in [2.75, 3.05) is 19.5 Å². The van der Waals surface area contributed by atoms with Crippen molar-refractivity contribution in [2.24, 2.45) is 0 Å². The molecule has 6 heteroatoms. The molecule has 1 unspecified atom stereocenters. The van der Waals surface area contributed by atoms with Crippen LogP contribution in [0.25, 0.3) is 5.70 Å². The Kier molecular flexibility index (Phi) is 6.28. The van der Waals surface area contributed by atoms with Crippen molar-refractivity contribution in [3.05, 3.63) is 60.7 Å². The van der Waals surface area contributed by atoms with Crippen LogP contribution in [-0.2, 0) is 4.79 Å². The number of para-hydroxylation sites is 2. The summed E-state index contributed by atoms with van der Waals surface area (Å²) in [7, 11) is 3.20. The molecule has 0 saturated heterocycles. The molecule has 1 amide bonds. The molecule has 0 radical (unpaired) electrons. The first-order valence-electron chi connectivity index (χ1n) is 7.84. The lowest BCUT2D eigenvalue weighted by Gasteiger charge is -2.18. The van der Waals surface area contributed by atoms with Crippen LogP contribution in [0.1, 0.15) is 12.5 Å². The van der Waals surface area contributed by atoms with Crippen LogP contribution < -0.4 is 25.6 Å². The highest BCUT2D eigenvalue weighted by molar-refractivity contribution is 5.85. The monoisotopic (exact) mass is 341 g/mol. The molecule has 3 N–H and O–H groups in total. The van der Waals surface area contributed by atoms with Gasteiger partial charge in [0.05, 0.1) is 25.6 Å². The van der Waals surface area contributed by atoms with Gasteiger partial charge in [-0.2, -0.15) is 0 Å². The van der Waals surface area contributed by atoms with E-state index in [1.54, 1.807) is 21.1 Å². The van der Waals surface area contributed by atoms with Crippen molar-refractivity contribution in [2.45, 2.75) is 13.0 Å². The SMILES string of the molecule is C=C(NNC(=O)C(C)Nc1ccccc1OC)c1ccc(OC)cc1. The minimum atomic E-state index is -0.465. The summed E-state index contributed by atoms with van der Waals surface area (Å²) in [5, 5.41) is 3.12. The lowest BCUT2D eigenvalue weighted by Crippen LogP contribution is -2.44. The number of hydrazine groups is 1. The van der Waals surface area contributed by atoms with E-state index < -0.39 is 6.04 Å². The van der Waals surface area contributed by atoms with Gasteiger partial charge in [-0.05, 0) is 48.9 Å². The van der Waals surface area contributed by atoms with Crippen LogP contribution in [0.3, 0.4) is 0 Å². The first-order valence-corrected chi connectivity index (χ1v) is 7.84. The number of carbonyl (C=O) groups is 1. The zero-order valence-electron chi connectivity index (χ0n) is 14.6. The van der Waals surface area contributed by atoms with Gasteiger partial charge < -0.3 is 14.8 Å². The third kappa shape index (κ3) is 4.91. The average molecular weight is 341 g/mol. The van der Waals surface area contributed by atoms with Crippen LogP contribution in [0.15, 0.2) is 55.1 Å². The van der Waals surface area contributed by atoms with E-state index in [1.165, 1.54) is 0 Å².